The third-order valence-corrected chi connectivity index (χ3v) is 2.08. The van der Waals surface area contributed by atoms with Crippen LogP contribution in [0.1, 0.15) is 5.56 Å². The summed E-state index contributed by atoms with van der Waals surface area (Å²) in [5, 5.41) is 22.2. The molecule has 2 N–H and O–H groups in total. The number of nitro groups is 1. The molecule has 0 fully saturated rings. The summed E-state index contributed by atoms with van der Waals surface area (Å²) in [6, 6.07) is 4.84. The number of hydrogen-bond acceptors (Lipinski definition) is 5. The van der Waals surface area contributed by atoms with E-state index in [-0.39, 0.29) is 12.3 Å². The van der Waals surface area contributed by atoms with Crippen LogP contribution in [-0.4, -0.2) is 36.4 Å². The Bertz CT molecular complexity index is 382. The molecule has 0 amide bonds. The van der Waals surface area contributed by atoms with E-state index in [1.807, 2.05) is 6.07 Å². The lowest BCUT2D eigenvalue weighted by molar-refractivity contribution is -0.384. The highest BCUT2D eigenvalue weighted by Crippen LogP contribution is 2.20. The summed E-state index contributed by atoms with van der Waals surface area (Å²) in [7, 11) is 0. The third kappa shape index (κ3) is 4.80. The number of anilines is 1. The van der Waals surface area contributed by atoms with Crippen LogP contribution in [0.4, 0.5) is 11.4 Å². The van der Waals surface area contributed by atoms with Gasteiger partial charge < -0.3 is 15.2 Å². The maximum atomic E-state index is 10.6. The molecule has 0 radical (unpaired) electrons. The minimum Gasteiger partial charge on any atom is -0.394 e. The number of aliphatic hydroxyl groups is 1. The van der Waals surface area contributed by atoms with Crippen LogP contribution < -0.4 is 5.32 Å². The van der Waals surface area contributed by atoms with E-state index in [2.05, 4.69) is 5.32 Å². The zero-order valence-electron chi connectivity index (χ0n) is 9.68. The third-order valence-electron chi connectivity index (χ3n) is 2.08. The Morgan fingerprint density at radius 2 is 2.18 bits per heavy atom. The number of nitro benzene ring substituents is 1. The van der Waals surface area contributed by atoms with Gasteiger partial charge in [0.2, 0.25) is 0 Å². The Hall–Kier alpha value is -1.66. The van der Waals surface area contributed by atoms with E-state index in [0.717, 1.165) is 5.56 Å². The highest BCUT2D eigenvalue weighted by molar-refractivity contribution is 5.53. The first kappa shape index (κ1) is 13.4. The molecule has 0 aliphatic heterocycles. The fourth-order valence-electron chi connectivity index (χ4n) is 1.40. The van der Waals surface area contributed by atoms with Crippen LogP contribution in [0.15, 0.2) is 18.2 Å². The SMILES string of the molecule is Cc1cc(NCCOCCO)cc([N+](=O)[O-])c1. The van der Waals surface area contributed by atoms with Gasteiger partial charge in [-0.3, -0.25) is 10.1 Å². The van der Waals surface area contributed by atoms with Gasteiger partial charge in [-0.1, -0.05) is 0 Å². The quantitative estimate of drug-likeness (QED) is 0.426. The van der Waals surface area contributed by atoms with Crippen molar-refractivity contribution in [3.8, 4) is 0 Å². The molecule has 17 heavy (non-hydrogen) atoms. The molecule has 6 nitrogen and oxygen atoms in total. The average molecular weight is 240 g/mol. The summed E-state index contributed by atoms with van der Waals surface area (Å²) in [5.41, 5.74) is 1.60. The van der Waals surface area contributed by atoms with E-state index in [9.17, 15) is 10.1 Å². The normalized spacial score (nSPS) is 10.2. The van der Waals surface area contributed by atoms with E-state index in [1.165, 1.54) is 12.1 Å². The lowest BCUT2D eigenvalue weighted by atomic mass is 10.2. The summed E-state index contributed by atoms with van der Waals surface area (Å²) >= 11 is 0. The lowest BCUT2D eigenvalue weighted by Gasteiger charge is -2.07. The fourth-order valence-corrected chi connectivity index (χ4v) is 1.40. The van der Waals surface area contributed by atoms with E-state index < -0.39 is 4.92 Å². The number of hydrogen-bond donors (Lipinski definition) is 2. The predicted molar refractivity (Wildman–Crippen MR) is 64.2 cm³/mol. The zero-order chi connectivity index (χ0) is 12.7. The van der Waals surface area contributed by atoms with Gasteiger partial charge in [0.25, 0.3) is 5.69 Å². The standard InChI is InChI=1S/C11H16N2O4/c1-9-6-10(8-11(7-9)13(15)16)12-2-4-17-5-3-14/h6-8,12,14H,2-5H2,1H3. The molecule has 6 heteroatoms. The predicted octanol–water partition coefficient (Wildman–Crippen LogP) is 1.32. The van der Waals surface area contributed by atoms with Crippen LogP contribution in [0.2, 0.25) is 0 Å². The van der Waals surface area contributed by atoms with Crippen molar-refractivity contribution in [1.82, 2.24) is 0 Å². The molecule has 0 bridgehead atoms. The van der Waals surface area contributed by atoms with Crippen molar-refractivity contribution < 1.29 is 14.8 Å². The molecule has 0 spiro atoms. The second-order valence-corrected chi connectivity index (χ2v) is 3.58. The van der Waals surface area contributed by atoms with Gasteiger partial charge >= 0.3 is 0 Å². The highest BCUT2D eigenvalue weighted by Gasteiger charge is 2.07. The van der Waals surface area contributed by atoms with Crippen LogP contribution >= 0.6 is 0 Å². The van der Waals surface area contributed by atoms with Gasteiger partial charge in [0.05, 0.1) is 24.7 Å². The molecular formula is C11H16N2O4. The van der Waals surface area contributed by atoms with Gasteiger partial charge in [0.1, 0.15) is 0 Å². The monoisotopic (exact) mass is 240 g/mol. The fraction of sp³-hybridized carbons (Fsp3) is 0.455. The average Bonchev–Trinajstić information content (AvgIpc) is 2.28. The van der Waals surface area contributed by atoms with Crippen molar-refractivity contribution in [2.24, 2.45) is 0 Å². The smallest absolute Gasteiger partial charge is 0.271 e. The van der Waals surface area contributed by atoms with Crippen molar-refractivity contribution >= 4 is 11.4 Å². The summed E-state index contributed by atoms with van der Waals surface area (Å²) < 4.78 is 5.07. The topological polar surface area (TPSA) is 84.6 Å². The maximum absolute atomic E-state index is 10.6. The van der Waals surface area contributed by atoms with Gasteiger partial charge in [-0.05, 0) is 18.6 Å². The largest absolute Gasteiger partial charge is 0.394 e. The van der Waals surface area contributed by atoms with Crippen LogP contribution in [0.25, 0.3) is 0 Å². The van der Waals surface area contributed by atoms with Gasteiger partial charge in [-0.15, -0.1) is 0 Å². The van der Waals surface area contributed by atoms with Gasteiger partial charge in [0, 0.05) is 24.4 Å². The first-order valence-corrected chi connectivity index (χ1v) is 5.32. The summed E-state index contributed by atoms with van der Waals surface area (Å²) in [4.78, 5) is 10.2. The summed E-state index contributed by atoms with van der Waals surface area (Å²) in [6.45, 7) is 3.09. The molecule has 0 aliphatic rings. The van der Waals surface area contributed by atoms with Gasteiger partial charge in [-0.2, -0.15) is 0 Å². The Morgan fingerprint density at radius 3 is 2.82 bits per heavy atom. The van der Waals surface area contributed by atoms with E-state index in [1.54, 1.807) is 6.92 Å². The first-order chi connectivity index (χ1) is 8.13. The molecule has 0 aromatic heterocycles. The number of nitrogens with zero attached hydrogens (tertiary/aromatic N) is 1. The number of aryl methyl sites for hydroxylation is 1. The number of nitrogens with one attached hydrogen (secondary N) is 1. The molecule has 0 saturated carbocycles. The number of non-ortho nitro benzene ring substituents is 1. The molecule has 94 valence electrons. The van der Waals surface area contributed by atoms with Crippen molar-refractivity contribution in [3.63, 3.8) is 0 Å². The second kappa shape index (κ2) is 6.82. The Kier molecular flexibility index (Phi) is 5.38. The van der Waals surface area contributed by atoms with Crippen molar-refractivity contribution in [1.29, 1.82) is 0 Å². The number of aliphatic hydroxyl groups excluding tert-OH is 1. The van der Waals surface area contributed by atoms with E-state index in [0.29, 0.717) is 25.4 Å². The Balaban J connectivity index is 2.50. The molecule has 0 unspecified atom stereocenters. The van der Waals surface area contributed by atoms with Gasteiger partial charge in [-0.25, -0.2) is 0 Å². The lowest BCUT2D eigenvalue weighted by Crippen LogP contribution is -2.11. The zero-order valence-corrected chi connectivity index (χ0v) is 9.68. The minimum absolute atomic E-state index is 0.00405. The number of rotatable bonds is 7. The molecule has 1 aromatic carbocycles. The highest BCUT2D eigenvalue weighted by atomic mass is 16.6. The molecular weight excluding hydrogens is 224 g/mol. The molecule has 0 atom stereocenters. The van der Waals surface area contributed by atoms with Crippen molar-refractivity contribution in [2.45, 2.75) is 6.92 Å². The first-order valence-electron chi connectivity index (χ1n) is 5.32. The van der Waals surface area contributed by atoms with Crippen LogP contribution in [-0.2, 0) is 4.74 Å². The maximum Gasteiger partial charge on any atom is 0.271 e. The molecule has 0 heterocycles. The van der Waals surface area contributed by atoms with E-state index in [4.69, 9.17) is 9.84 Å². The van der Waals surface area contributed by atoms with Crippen molar-refractivity contribution in [2.75, 3.05) is 31.7 Å². The molecule has 0 aliphatic carbocycles. The molecule has 0 saturated heterocycles. The number of benzene rings is 1. The number of ether oxygens (including phenoxy) is 1. The Morgan fingerprint density at radius 1 is 1.41 bits per heavy atom. The summed E-state index contributed by atoms with van der Waals surface area (Å²) in [6.07, 6.45) is 0. The summed E-state index contributed by atoms with van der Waals surface area (Å²) in [5.74, 6) is 0. The minimum atomic E-state index is -0.416. The van der Waals surface area contributed by atoms with E-state index >= 15 is 0 Å². The molecule has 1 aromatic rings. The van der Waals surface area contributed by atoms with Crippen molar-refractivity contribution in [3.05, 3.63) is 33.9 Å². The van der Waals surface area contributed by atoms with Crippen LogP contribution in [0, 0.1) is 17.0 Å². The molecule has 1 rings (SSSR count). The van der Waals surface area contributed by atoms with Crippen LogP contribution in [0.5, 0.6) is 0 Å². The van der Waals surface area contributed by atoms with Crippen LogP contribution in [0.3, 0.4) is 0 Å². The van der Waals surface area contributed by atoms with Gasteiger partial charge in [0.15, 0.2) is 0 Å². The Labute approximate surface area is 99.4 Å². The second-order valence-electron chi connectivity index (χ2n) is 3.58.